The Kier molecular flexibility index (Phi) is 4.73. The van der Waals surface area contributed by atoms with Gasteiger partial charge in [0.25, 0.3) is 0 Å². The van der Waals surface area contributed by atoms with Gasteiger partial charge in [-0.25, -0.2) is 0 Å². The molecule has 0 saturated carbocycles. The number of rotatable bonds is 4. The Hall–Kier alpha value is -0.690. The summed E-state index contributed by atoms with van der Waals surface area (Å²) in [6.45, 7) is 1.82. The summed E-state index contributed by atoms with van der Waals surface area (Å²) in [6, 6.07) is 7.55. The fourth-order valence-corrected chi connectivity index (χ4v) is 3.42. The highest BCUT2D eigenvalue weighted by Crippen LogP contribution is 2.25. The third-order valence-electron chi connectivity index (χ3n) is 2.89. The normalized spacial score (nSPS) is 19.2. The van der Waals surface area contributed by atoms with Crippen molar-refractivity contribution in [3.63, 3.8) is 0 Å². The van der Waals surface area contributed by atoms with Crippen molar-refractivity contribution in [3.8, 4) is 6.07 Å². The molecule has 1 unspecified atom stereocenters. The van der Waals surface area contributed by atoms with Crippen LogP contribution < -0.4 is 5.32 Å². The zero-order valence-electron chi connectivity index (χ0n) is 9.58. The molecule has 1 N–H and O–H groups in total. The van der Waals surface area contributed by atoms with E-state index in [9.17, 15) is 0 Å². The molecule has 1 aliphatic heterocycles. The first-order valence-electron chi connectivity index (χ1n) is 5.80. The quantitative estimate of drug-likeness (QED) is 0.909. The summed E-state index contributed by atoms with van der Waals surface area (Å²) in [6.07, 6.45) is 2.66. The van der Waals surface area contributed by atoms with Crippen molar-refractivity contribution in [2.45, 2.75) is 24.6 Å². The number of nitrogens with zero attached hydrogens (tertiary/aromatic N) is 1. The number of nitrogens with one attached hydrogen (secondary N) is 1. The number of hydrogen-bond acceptors (Lipinski definition) is 3. The Morgan fingerprint density at radius 1 is 1.53 bits per heavy atom. The second-order valence-corrected chi connectivity index (χ2v) is 6.00. The summed E-state index contributed by atoms with van der Waals surface area (Å²) in [4.78, 5) is 0. The van der Waals surface area contributed by atoms with Gasteiger partial charge in [-0.2, -0.15) is 17.0 Å². The van der Waals surface area contributed by atoms with Crippen molar-refractivity contribution >= 4 is 23.4 Å². The number of benzene rings is 1. The van der Waals surface area contributed by atoms with Crippen LogP contribution in [0.4, 0.5) is 0 Å². The Labute approximate surface area is 111 Å². The summed E-state index contributed by atoms with van der Waals surface area (Å²) in [5, 5.41) is 13.6. The molecule has 0 amide bonds. The second kappa shape index (κ2) is 6.30. The van der Waals surface area contributed by atoms with Gasteiger partial charge in [0.15, 0.2) is 0 Å². The zero-order chi connectivity index (χ0) is 12.1. The Bertz CT molecular complexity index is 422. The van der Waals surface area contributed by atoms with Crippen LogP contribution in [-0.2, 0) is 6.54 Å². The fourth-order valence-electron chi connectivity index (χ4n) is 1.93. The van der Waals surface area contributed by atoms with Gasteiger partial charge in [0.05, 0.1) is 11.6 Å². The third kappa shape index (κ3) is 3.64. The lowest BCUT2D eigenvalue weighted by Gasteiger charge is -2.11. The van der Waals surface area contributed by atoms with E-state index >= 15 is 0 Å². The molecule has 17 heavy (non-hydrogen) atoms. The van der Waals surface area contributed by atoms with Gasteiger partial charge in [0.1, 0.15) is 0 Å². The molecule has 4 heteroatoms. The monoisotopic (exact) mass is 266 g/mol. The average Bonchev–Trinajstić information content (AvgIpc) is 2.84. The van der Waals surface area contributed by atoms with Gasteiger partial charge in [-0.15, -0.1) is 0 Å². The molecule has 0 aliphatic carbocycles. The van der Waals surface area contributed by atoms with E-state index in [4.69, 9.17) is 16.9 Å². The van der Waals surface area contributed by atoms with E-state index in [0.29, 0.717) is 10.6 Å². The van der Waals surface area contributed by atoms with Crippen LogP contribution in [0.15, 0.2) is 18.2 Å². The average molecular weight is 267 g/mol. The van der Waals surface area contributed by atoms with Gasteiger partial charge in [-0.1, -0.05) is 17.7 Å². The van der Waals surface area contributed by atoms with Crippen LogP contribution in [0.2, 0.25) is 5.02 Å². The number of halogens is 1. The zero-order valence-corrected chi connectivity index (χ0v) is 11.2. The maximum Gasteiger partial charge on any atom is 0.0992 e. The van der Waals surface area contributed by atoms with E-state index in [-0.39, 0.29) is 0 Å². The van der Waals surface area contributed by atoms with Gasteiger partial charge < -0.3 is 5.32 Å². The second-order valence-electron chi connectivity index (χ2n) is 4.18. The summed E-state index contributed by atoms with van der Waals surface area (Å²) >= 11 is 8.16. The maximum absolute atomic E-state index is 8.75. The minimum absolute atomic E-state index is 0.616. The van der Waals surface area contributed by atoms with E-state index < -0.39 is 0 Å². The van der Waals surface area contributed by atoms with Gasteiger partial charge in [0.2, 0.25) is 0 Å². The summed E-state index contributed by atoms with van der Waals surface area (Å²) in [5.74, 6) is 1.30. The van der Waals surface area contributed by atoms with Gasteiger partial charge in [-0.05, 0) is 36.3 Å². The van der Waals surface area contributed by atoms with Gasteiger partial charge >= 0.3 is 0 Å². The molecule has 0 aromatic heterocycles. The first-order valence-corrected chi connectivity index (χ1v) is 7.23. The summed E-state index contributed by atoms with van der Waals surface area (Å²) < 4.78 is 0. The molecule has 2 nitrogen and oxygen atoms in total. The molecular formula is C13H15ClN2S. The van der Waals surface area contributed by atoms with Crippen molar-refractivity contribution in [1.82, 2.24) is 5.32 Å². The molecule has 1 aromatic carbocycles. The van der Waals surface area contributed by atoms with Crippen molar-refractivity contribution in [2.75, 3.05) is 12.3 Å². The third-order valence-corrected chi connectivity index (χ3v) is 4.64. The molecule has 1 saturated heterocycles. The molecule has 1 fully saturated rings. The van der Waals surface area contributed by atoms with E-state index in [2.05, 4.69) is 11.4 Å². The van der Waals surface area contributed by atoms with Crippen LogP contribution in [0, 0.1) is 11.3 Å². The summed E-state index contributed by atoms with van der Waals surface area (Å²) in [5.41, 5.74) is 1.68. The molecule has 0 spiro atoms. The molecule has 1 aliphatic rings. The molecule has 1 aromatic rings. The molecular weight excluding hydrogens is 252 g/mol. The predicted octanol–water partition coefficient (Wildman–Crippen LogP) is 3.20. The SMILES string of the molecule is N#Cc1ccc(CNCC2CCCS2)c(Cl)c1. The smallest absolute Gasteiger partial charge is 0.0992 e. The van der Waals surface area contributed by atoms with E-state index in [1.54, 1.807) is 6.07 Å². The Morgan fingerprint density at radius 2 is 2.41 bits per heavy atom. The van der Waals surface area contributed by atoms with Crippen molar-refractivity contribution in [1.29, 1.82) is 5.26 Å². The lowest BCUT2D eigenvalue weighted by Crippen LogP contribution is -2.22. The first-order chi connectivity index (χ1) is 8.29. The Morgan fingerprint density at radius 3 is 3.06 bits per heavy atom. The summed E-state index contributed by atoms with van der Waals surface area (Å²) in [7, 11) is 0. The highest BCUT2D eigenvalue weighted by Gasteiger charge is 2.14. The maximum atomic E-state index is 8.75. The van der Waals surface area contributed by atoms with Gasteiger partial charge in [-0.3, -0.25) is 0 Å². The van der Waals surface area contributed by atoms with E-state index in [0.717, 1.165) is 23.9 Å². The van der Waals surface area contributed by atoms with Gasteiger partial charge in [0, 0.05) is 23.4 Å². The number of hydrogen-bond donors (Lipinski definition) is 1. The van der Waals surface area contributed by atoms with Crippen molar-refractivity contribution in [2.24, 2.45) is 0 Å². The van der Waals surface area contributed by atoms with Crippen molar-refractivity contribution < 1.29 is 0 Å². The highest BCUT2D eigenvalue weighted by molar-refractivity contribution is 8.00. The highest BCUT2D eigenvalue weighted by atomic mass is 35.5. The lowest BCUT2D eigenvalue weighted by molar-refractivity contribution is 0.646. The minimum Gasteiger partial charge on any atom is -0.312 e. The van der Waals surface area contributed by atoms with E-state index in [1.165, 1.54) is 18.6 Å². The molecule has 90 valence electrons. The van der Waals surface area contributed by atoms with E-state index in [1.807, 2.05) is 23.9 Å². The first kappa shape index (κ1) is 12.8. The van der Waals surface area contributed by atoms with Crippen LogP contribution in [0.25, 0.3) is 0 Å². The Balaban J connectivity index is 1.84. The van der Waals surface area contributed by atoms with Crippen molar-refractivity contribution in [3.05, 3.63) is 34.3 Å². The van der Waals surface area contributed by atoms with Crippen LogP contribution in [-0.4, -0.2) is 17.5 Å². The molecule has 0 radical (unpaired) electrons. The standard InChI is InChI=1S/C13H15ClN2S/c14-13-6-10(7-15)3-4-11(13)8-16-9-12-2-1-5-17-12/h3-4,6,12,16H,1-2,5,8-9H2. The number of nitriles is 1. The topological polar surface area (TPSA) is 35.8 Å². The fraction of sp³-hybridized carbons (Fsp3) is 0.462. The van der Waals surface area contributed by atoms with Crippen LogP contribution >= 0.6 is 23.4 Å². The van der Waals surface area contributed by atoms with Crippen LogP contribution in [0.3, 0.4) is 0 Å². The number of thioether (sulfide) groups is 1. The van der Waals surface area contributed by atoms with Crippen LogP contribution in [0.5, 0.6) is 0 Å². The molecule has 2 rings (SSSR count). The largest absolute Gasteiger partial charge is 0.312 e. The molecule has 1 atom stereocenters. The lowest BCUT2D eigenvalue weighted by atomic mass is 10.1. The molecule has 1 heterocycles. The predicted molar refractivity (Wildman–Crippen MR) is 73.4 cm³/mol. The minimum atomic E-state index is 0.616. The molecule has 0 bridgehead atoms. The van der Waals surface area contributed by atoms with Crippen LogP contribution in [0.1, 0.15) is 24.0 Å².